The number of hydrogen-bond donors (Lipinski definition) is 1. The van der Waals surface area contributed by atoms with Gasteiger partial charge in [0.2, 0.25) is 0 Å². The van der Waals surface area contributed by atoms with Crippen molar-refractivity contribution in [1.82, 2.24) is 15.3 Å². The molecule has 42 heavy (non-hydrogen) atoms. The van der Waals surface area contributed by atoms with Crippen LogP contribution in [0.1, 0.15) is 73.6 Å². The third kappa shape index (κ3) is 6.24. The first kappa shape index (κ1) is 29.8. The highest BCUT2D eigenvalue weighted by molar-refractivity contribution is 7.11. The number of nitrogens with zero attached hydrogens (tertiary/aromatic N) is 3. The first-order valence-electron chi connectivity index (χ1n) is 13.7. The van der Waals surface area contributed by atoms with Crippen LogP contribution in [0.2, 0.25) is 5.02 Å². The fourth-order valence-corrected chi connectivity index (χ4v) is 6.17. The predicted molar refractivity (Wildman–Crippen MR) is 151 cm³/mol. The van der Waals surface area contributed by atoms with Gasteiger partial charge < -0.3 is 19.2 Å². The second kappa shape index (κ2) is 13.1. The van der Waals surface area contributed by atoms with E-state index in [1.165, 1.54) is 23.7 Å². The Kier molecular flexibility index (Phi) is 9.32. The van der Waals surface area contributed by atoms with Gasteiger partial charge in [-0.1, -0.05) is 17.7 Å². The molecule has 1 fully saturated rings. The van der Waals surface area contributed by atoms with E-state index in [4.69, 9.17) is 30.5 Å². The van der Waals surface area contributed by atoms with E-state index in [0.717, 1.165) is 6.07 Å². The van der Waals surface area contributed by atoms with Crippen LogP contribution in [-0.4, -0.2) is 41.0 Å². The monoisotopic (exact) mass is 618 g/mol. The Balaban J connectivity index is 1.46. The average molecular weight is 619 g/mol. The number of esters is 2. The minimum absolute atomic E-state index is 0.0240. The molecule has 1 unspecified atom stereocenters. The van der Waals surface area contributed by atoms with Crippen molar-refractivity contribution in [2.75, 3.05) is 13.2 Å². The highest BCUT2D eigenvalue weighted by Crippen LogP contribution is 2.44. The molecule has 0 bridgehead atoms. The Bertz CT molecular complexity index is 1520. The summed E-state index contributed by atoms with van der Waals surface area (Å²) in [5.41, 5.74) is 1.45. The zero-order valence-electron chi connectivity index (χ0n) is 23.0. The number of amidine groups is 1. The first-order valence-corrected chi connectivity index (χ1v) is 15.0. The van der Waals surface area contributed by atoms with Gasteiger partial charge in [0.1, 0.15) is 12.3 Å². The van der Waals surface area contributed by atoms with E-state index in [1.807, 2.05) is 0 Å². The minimum Gasteiger partial charge on any atom is -0.466 e. The normalized spacial score (nSPS) is 20.6. The molecule has 13 heteroatoms. The number of aromatic nitrogens is 2. The Morgan fingerprint density at radius 1 is 1.12 bits per heavy atom. The molecular formula is C29H29ClF2N4O5S. The largest absolute Gasteiger partial charge is 0.466 e. The highest BCUT2D eigenvalue weighted by atomic mass is 35.5. The van der Waals surface area contributed by atoms with Crippen LogP contribution in [0.15, 0.2) is 50.7 Å². The molecule has 5 rings (SSSR count). The van der Waals surface area contributed by atoms with E-state index in [1.54, 1.807) is 25.4 Å². The van der Waals surface area contributed by atoms with Crippen molar-refractivity contribution >= 4 is 40.7 Å². The van der Waals surface area contributed by atoms with Crippen molar-refractivity contribution in [1.29, 1.82) is 0 Å². The van der Waals surface area contributed by atoms with E-state index < -0.39 is 28.7 Å². The quantitative estimate of drug-likeness (QED) is 0.228. The maximum Gasteiger partial charge on any atom is 0.338 e. The molecule has 1 N–H and O–H groups in total. The van der Waals surface area contributed by atoms with Gasteiger partial charge in [0.15, 0.2) is 28.4 Å². The van der Waals surface area contributed by atoms with Crippen molar-refractivity contribution in [2.24, 2.45) is 10.9 Å². The van der Waals surface area contributed by atoms with Crippen molar-refractivity contribution < 1.29 is 32.3 Å². The van der Waals surface area contributed by atoms with Gasteiger partial charge in [-0.3, -0.25) is 9.79 Å². The van der Waals surface area contributed by atoms with Crippen LogP contribution in [0.5, 0.6) is 0 Å². The van der Waals surface area contributed by atoms with Crippen molar-refractivity contribution in [2.45, 2.75) is 57.9 Å². The van der Waals surface area contributed by atoms with Gasteiger partial charge in [0.05, 0.1) is 35.9 Å². The fourth-order valence-electron chi connectivity index (χ4n) is 5.33. The maximum absolute atomic E-state index is 14.6. The molecule has 1 saturated carbocycles. The van der Waals surface area contributed by atoms with Gasteiger partial charge in [-0.25, -0.2) is 23.5 Å². The summed E-state index contributed by atoms with van der Waals surface area (Å²) in [6, 6.07) is 1.26. The number of oxazole rings is 1. The summed E-state index contributed by atoms with van der Waals surface area (Å²) in [6.45, 7) is 3.84. The van der Waals surface area contributed by atoms with E-state index in [-0.39, 0.29) is 42.0 Å². The molecule has 0 amide bonds. The number of rotatable bonds is 9. The summed E-state index contributed by atoms with van der Waals surface area (Å²) in [5.74, 6) is -2.43. The lowest BCUT2D eigenvalue weighted by atomic mass is 9.78. The van der Waals surface area contributed by atoms with Crippen molar-refractivity contribution in [3.05, 3.63) is 80.1 Å². The van der Waals surface area contributed by atoms with E-state index in [9.17, 15) is 18.4 Å². The molecule has 2 aromatic heterocycles. The summed E-state index contributed by atoms with van der Waals surface area (Å²) in [7, 11) is 0. The van der Waals surface area contributed by atoms with E-state index in [0.29, 0.717) is 60.4 Å². The summed E-state index contributed by atoms with van der Waals surface area (Å²) in [4.78, 5) is 38.9. The third-order valence-corrected chi connectivity index (χ3v) is 8.41. The topological polar surface area (TPSA) is 116 Å². The van der Waals surface area contributed by atoms with Gasteiger partial charge in [0, 0.05) is 28.8 Å². The van der Waals surface area contributed by atoms with Crippen LogP contribution in [0, 0.1) is 17.6 Å². The van der Waals surface area contributed by atoms with Crippen LogP contribution in [-0.2, 0) is 25.5 Å². The summed E-state index contributed by atoms with van der Waals surface area (Å²) in [6.07, 6.45) is 5.88. The molecule has 3 heterocycles. The van der Waals surface area contributed by atoms with Crippen LogP contribution < -0.4 is 5.32 Å². The SMILES string of the molecule is CCOC(=O)Cc1coc(C2CCC(C3=C(C(=O)OCC)C(c4ccc(F)c(F)c4Cl)N=C(c4nccs4)N3)CC2)n1. The Labute approximate surface area is 250 Å². The Morgan fingerprint density at radius 3 is 2.55 bits per heavy atom. The number of benzene rings is 1. The smallest absolute Gasteiger partial charge is 0.338 e. The Morgan fingerprint density at radius 2 is 1.86 bits per heavy atom. The fraction of sp³-hybridized carbons (Fsp3) is 0.414. The Hall–Kier alpha value is -3.64. The molecular weight excluding hydrogens is 590 g/mol. The summed E-state index contributed by atoms with van der Waals surface area (Å²) < 4.78 is 44.7. The first-order chi connectivity index (χ1) is 20.3. The van der Waals surface area contributed by atoms with Crippen LogP contribution in [0.4, 0.5) is 8.78 Å². The summed E-state index contributed by atoms with van der Waals surface area (Å²) in [5, 5.41) is 5.24. The van der Waals surface area contributed by atoms with Gasteiger partial charge in [-0.2, -0.15) is 0 Å². The number of nitrogens with one attached hydrogen (secondary N) is 1. The molecule has 1 aliphatic carbocycles. The van der Waals surface area contributed by atoms with Gasteiger partial charge in [-0.15, -0.1) is 11.3 Å². The highest BCUT2D eigenvalue weighted by Gasteiger charge is 2.39. The lowest BCUT2D eigenvalue weighted by Crippen LogP contribution is -2.38. The molecule has 3 aromatic rings. The lowest BCUT2D eigenvalue weighted by Gasteiger charge is -2.34. The number of ether oxygens (including phenoxy) is 2. The number of allylic oxidation sites excluding steroid dienone is 1. The van der Waals surface area contributed by atoms with E-state index in [2.05, 4.69) is 15.3 Å². The standard InChI is InChI=1S/C29H29ClF2N4O5S/c1-3-39-20(37)13-17-14-41-27(34-17)16-7-5-15(6-8-16)24-21(29(38)40-4-2)25(18-9-10-19(31)23(32)22(18)30)36-26(35-24)28-33-11-12-42-28/h9-12,14-16,25H,3-8,13H2,1-2H3,(H,35,36). The molecule has 0 saturated heterocycles. The van der Waals surface area contributed by atoms with Gasteiger partial charge in [-0.05, 0) is 51.5 Å². The zero-order chi connectivity index (χ0) is 29.8. The third-order valence-electron chi connectivity index (χ3n) is 7.25. The second-order valence-electron chi connectivity index (χ2n) is 9.86. The second-order valence-corrected chi connectivity index (χ2v) is 11.1. The number of hydrogen-bond acceptors (Lipinski definition) is 10. The number of carbonyl (C=O) groups excluding carboxylic acids is 2. The molecule has 0 spiro atoms. The molecule has 1 aliphatic heterocycles. The number of halogens is 3. The van der Waals surface area contributed by atoms with Crippen molar-refractivity contribution in [3.8, 4) is 0 Å². The predicted octanol–water partition coefficient (Wildman–Crippen LogP) is 6.05. The lowest BCUT2D eigenvalue weighted by molar-refractivity contribution is -0.142. The summed E-state index contributed by atoms with van der Waals surface area (Å²) >= 11 is 7.63. The maximum atomic E-state index is 14.6. The van der Waals surface area contributed by atoms with Crippen LogP contribution >= 0.6 is 22.9 Å². The molecule has 0 radical (unpaired) electrons. The molecule has 9 nitrogen and oxygen atoms in total. The minimum atomic E-state index is -1.21. The van der Waals surface area contributed by atoms with E-state index >= 15 is 0 Å². The molecule has 222 valence electrons. The van der Waals surface area contributed by atoms with Gasteiger partial charge in [0.25, 0.3) is 0 Å². The van der Waals surface area contributed by atoms with Crippen molar-refractivity contribution in [3.63, 3.8) is 0 Å². The van der Waals surface area contributed by atoms with Gasteiger partial charge >= 0.3 is 11.9 Å². The number of aliphatic imine (C=N–C) groups is 1. The molecule has 2 aliphatic rings. The molecule has 1 aromatic carbocycles. The number of carbonyl (C=O) groups is 2. The number of thiazole rings is 1. The molecule has 1 atom stereocenters. The zero-order valence-corrected chi connectivity index (χ0v) is 24.6. The average Bonchev–Trinajstić information content (AvgIpc) is 3.69. The van der Waals surface area contributed by atoms with Crippen LogP contribution in [0.3, 0.4) is 0 Å². The van der Waals surface area contributed by atoms with Crippen LogP contribution in [0.25, 0.3) is 0 Å².